The predicted octanol–water partition coefficient (Wildman–Crippen LogP) is 5.09. The summed E-state index contributed by atoms with van der Waals surface area (Å²) in [5.41, 5.74) is 1.94. The van der Waals surface area contributed by atoms with Crippen molar-refractivity contribution >= 4 is 21.7 Å². The molecular formula is C34H34F4N6O3S. The molecule has 2 aromatic carbocycles. The first-order valence-corrected chi connectivity index (χ1v) is 17.0. The highest BCUT2D eigenvalue weighted by molar-refractivity contribution is 7.89. The third-order valence-electron chi connectivity index (χ3n) is 8.60. The highest BCUT2D eigenvalue weighted by Gasteiger charge is 2.39. The van der Waals surface area contributed by atoms with Gasteiger partial charge < -0.3 is 10.2 Å². The van der Waals surface area contributed by atoms with Gasteiger partial charge in [-0.15, -0.1) is 0 Å². The van der Waals surface area contributed by atoms with Crippen LogP contribution in [-0.2, 0) is 34.1 Å². The van der Waals surface area contributed by atoms with Gasteiger partial charge in [-0.3, -0.25) is 14.7 Å². The fraction of sp³-hybridized carbons (Fsp3) is 0.324. The summed E-state index contributed by atoms with van der Waals surface area (Å²) in [6.45, 7) is 3.79. The van der Waals surface area contributed by atoms with Crippen LogP contribution in [0, 0.1) is 5.82 Å². The highest BCUT2D eigenvalue weighted by Crippen LogP contribution is 2.32. The van der Waals surface area contributed by atoms with Gasteiger partial charge in [0.25, 0.3) is 0 Å². The van der Waals surface area contributed by atoms with Crippen molar-refractivity contribution in [2.45, 2.75) is 43.0 Å². The number of piperazine rings is 1. The van der Waals surface area contributed by atoms with Crippen LogP contribution in [0.5, 0.6) is 0 Å². The van der Waals surface area contributed by atoms with E-state index in [2.05, 4.69) is 20.1 Å². The van der Waals surface area contributed by atoms with Gasteiger partial charge in [0.15, 0.2) is 0 Å². The lowest BCUT2D eigenvalue weighted by Gasteiger charge is -2.35. The Morgan fingerprint density at radius 3 is 2.31 bits per heavy atom. The molecule has 48 heavy (non-hydrogen) atoms. The molecule has 14 heteroatoms. The van der Waals surface area contributed by atoms with Gasteiger partial charge in [0, 0.05) is 63.8 Å². The topological polar surface area (TPSA) is 98.7 Å². The zero-order chi connectivity index (χ0) is 33.9. The molecular weight excluding hydrogens is 648 g/mol. The van der Waals surface area contributed by atoms with Crippen LogP contribution in [0.2, 0.25) is 0 Å². The Morgan fingerprint density at radius 1 is 0.917 bits per heavy atom. The third kappa shape index (κ3) is 7.66. The van der Waals surface area contributed by atoms with Crippen LogP contribution in [0.3, 0.4) is 0 Å². The van der Waals surface area contributed by atoms with Crippen LogP contribution in [0.15, 0.2) is 90.1 Å². The number of anilines is 1. The maximum atomic E-state index is 13.4. The molecule has 1 atom stereocenters. The van der Waals surface area contributed by atoms with Gasteiger partial charge in [0.05, 0.1) is 16.2 Å². The van der Waals surface area contributed by atoms with Gasteiger partial charge in [-0.25, -0.2) is 17.8 Å². The molecule has 252 valence electrons. The second-order valence-corrected chi connectivity index (χ2v) is 13.8. The van der Waals surface area contributed by atoms with Crippen LogP contribution in [-0.4, -0.2) is 72.3 Å². The Balaban J connectivity index is 1.20. The van der Waals surface area contributed by atoms with Crippen molar-refractivity contribution in [1.29, 1.82) is 0 Å². The third-order valence-corrected chi connectivity index (χ3v) is 10.5. The summed E-state index contributed by atoms with van der Waals surface area (Å²) < 4.78 is 80.9. The maximum Gasteiger partial charge on any atom is 0.416 e. The predicted molar refractivity (Wildman–Crippen MR) is 172 cm³/mol. The van der Waals surface area contributed by atoms with E-state index in [1.54, 1.807) is 12.3 Å². The van der Waals surface area contributed by atoms with Crippen LogP contribution in [0.1, 0.15) is 29.5 Å². The van der Waals surface area contributed by atoms with Crippen LogP contribution >= 0.6 is 0 Å². The van der Waals surface area contributed by atoms with Crippen LogP contribution in [0.25, 0.3) is 11.3 Å². The highest BCUT2D eigenvalue weighted by atomic mass is 32.2. The summed E-state index contributed by atoms with van der Waals surface area (Å²) in [6, 6.07) is 15.8. The molecule has 4 aromatic rings. The van der Waals surface area contributed by atoms with Gasteiger partial charge in [0.1, 0.15) is 17.7 Å². The number of alkyl halides is 3. The van der Waals surface area contributed by atoms with Gasteiger partial charge in [0.2, 0.25) is 15.9 Å². The number of sulfonamides is 1. The molecule has 1 amide bonds. The zero-order valence-corrected chi connectivity index (χ0v) is 26.7. The summed E-state index contributed by atoms with van der Waals surface area (Å²) in [6.07, 6.45) is -0.0881. The summed E-state index contributed by atoms with van der Waals surface area (Å²) in [5, 5.41) is 2.86. The lowest BCUT2D eigenvalue weighted by atomic mass is 10.1. The molecule has 1 N–H and O–H groups in total. The van der Waals surface area contributed by atoms with Crippen molar-refractivity contribution in [3.05, 3.63) is 108 Å². The summed E-state index contributed by atoms with van der Waals surface area (Å²) >= 11 is 0. The Labute approximate surface area is 276 Å². The Bertz CT molecular complexity index is 1830. The van der Waals surface area contributed by atoms with Crippen molar-refractivity contribution in [2.75, 3.05) is 37.6 Å². The lowest BCUT2D eigenvalue weighted by molar-refractivity contribution is -0.137. The molecule has 0 spiro atoms. The molecule has 2 fully saturated rings. The molecule has 9 nitrogen and oxygen atoms in total. The van der Waals surface area contributed by atoms with Crippen LogP contribution in [0.4, 0.5) is 23.4 Å². The molecule has 2 aliphatic heterocycles. The van der Waals surface area contributed by atoms with Crippen molar-refractivity contribution in [3.8, 4) is 11.3 Å². The number of pyridine rings is 2. The number of nitrogens with one attached hydrogen (secondary N) is 1. The summed E-state index contributed by atoms with van der Waals surface area (Å²) in [4.78, 5) is 26.7. The second-order valence-electron chi connectivity index (χ2n) is 11.9. The van der Waals surface area contributed by atoms with E-state index < -0.39 is 39.5 Å². The van der Waals surface area contributed by atoms with Crippen molar-refractivity contribution in [1.82, 2.24) is 24.5 Å². The minimum absolute atomic E-state index is 0.0455. The number of benzene rings is 2. The Kier molecular flexibility index (Phi) is 9.76. The Hall–Kier alpha value is -4.40. The number of aromatic nitrogens is 2. The first kappa shape index (κ1) is 33.5. The van der Waals surface area contributed by atoms with Gasteiger partial charge in [-0.05, 0) is 78.6 Å². The average molecular weight is 683 g/mol. The molecule has 0 bridgehead atoms. The Morgan fingerprint density at radius 2 is 1.65 bits per heavy atom. The number of rotatable bonds is 9. The molecule has 2 saturated heterocycles. The smallest absolute Gasteiger partial charge is 0.354 e. The van der Waals surface area contributed by atoms with E-state index in [-0.39, 0.29) is 18.0 Å². The first-order valence-electron chi connectivity index (χ1n) is 15.6. The first-order chi connectivity index (χ1) is 23.0. The quantitative estimate of drug-likeness (QED) is 0.246. The van der Waals surface area contributed by atoms with E-state index in [0.717, 1.165) is 53.8 Å². The van der Waals surface area contributed by atoms with Crippen LogP contribution < -0.4 is 10.2 Å². The van der Waals surface area contributed by atoms with E-state index >= 15 is 0 Å². The van der Waals surface area contributed by atoms with Crippen molar-refractivity contribution in [2.24, 2.45) is 0 Å². The van der Waals surface area contributed by atoms with E-state index in [1.165, 1.54) is 24.3 Å². The summed E-state index contributed by atoms with van der Waals surface area (Å²) in [7, 11) is -4.03. The van der Waals surface area contributed by atoms with Crippen molar-refractivity contribution < 1.29 is 30.8 Å². The van der Waals surface area contributed by atoms with Gasteiger partial charge in [-0.1, -0.05) is 18.2 Å². The number of hydrogen-bond donors (Lipinski definition) is 1. The molecule has 0 aliphatic carbocycles. The standard InChI is InChI=1S/C34H34F4N6O3S/c35-28-9-11-29(12-10-28)48(46,47)44-14-2-4-31(44)33(45)40-22-25-19-30(26-5-7-27(8-6-26)34(36,37)38)41-32(20-25)43-17-15-42(16-18-43)23-24-3-1-13-39-21-24/h1,3,5-13,19-21,31H,2,4,14-18,22-23H2,(H,40,45). The summed E-state index contributed by atoms with van der Waals surface area (Å²) in [5.74, 6) is -0.417. The van der Waals surface area contributed by atoms with E-state index in [9.17, 15) is 30.8 Å². The molecule has 6 rings (SSSR count). The number of halogens is 4. The molecule has 4 heterocycles. The molecule has 0 radical (unpaired) electrons. The molecule has 0 saturated carbocycles. The average Bonchev–Trinajstić information content (AvgIpc) is 3.59. The fourth-order valence-corrected chi connectivity index (χ4v) is 7.69. The zero-order valence-electron chi connectivity index (χ0n) is 25.9. The SMILES string of the molecule is O=C(NCc1cc(-c2ccc(C(F)(F)F)cc2)nc(N2CCN(Cc3cccnc3)CC2)c1)C1CCCN1S(=O)(=O)c1ccc(F)cc1. The largest absolute Gasteiger partial charge is 0.416 e. The number of amides is 1. The molecule has 2 aromatic heterocycles. The van der Waals surface area contributed by atoms with E-state index in [4.69, 9.17) is 4.98 Å². The monoisotopic (exact) mass is 682 g/mol. The molecule has 2 aliphatic rings. The number of hydrogen-bond acceptors (Lipinski definition) is 7. The lowest BCUT2D eigenvalue weighted by Crippen LogP contribution is -2.46. The van der Waals surface area contributed by atoms with E-state index in [1.807, 2.05) is 24.4 Å². The molecule has 1 unspecified atom stereocenters. The minimum atomic E-state index is -4.48. The van der Waals surface area contributed by atoms with E-state index in [0.29, 0.717) is 48.6 Å². The van der Waals surface area contributed by atoms with Gasteiger partial charge in [-0.2, -0.15) is 17.5 Å². The number of carbonyl (C=O) groups is 1. The minimum Gasteiger partial charge on any atom is -0.354 e. The number of nitrogens with zero attached hydrogens (tertiary/aromatic N) is 5. The normalized spacial score (nSPS) is 17.8. The maximum absolute atomic E-state index is 13.4. The fourth-order valence-electron chi connectivity index (χ4n) is 6.04. The second kappa shape index (κ2) is 14.0. The number of carbonyl (C=O) groups excluding carboxylic acids is 1. The van der Waals surface area contributed by atoms with Crippen molar-refractivity contribution in [3.63, 3.8) is 0 Å². The van der Waals surface area contributed by atoms with Gasteiger partial charge >= 0.3 is 6.18 Å².